The summed E-state index contributed by atoms with van der Waals surface area (Å²) in [4.78, 5) is 15.7. The number of nitrogens with zero attached hydrogens (tertiary/aromatic N) is 1. The van der Waals surface area contributed by atoms with Crippen LogP contribution >= 0.6 is 23.1 Å². The van der Waals surface area contributed by atoms with Crippen LogP contribution in [-0.2, 0) is 9.53 Å². The minimum atomic E-state index is -0.125. The van der Waals surface area contributed by atoms with Gasteiger partial charge in [0.2, 0.25) is 0 Å². The van der Waals surface area contributed by atoms with Crippen molar-refractivity contribution in [1.82, 2.24) is 4.98 Å². The molecule has 0 saturated heterocycles. The Morgan fingerprint density at radius 1 is 1.67 bits per heavy atom. The summed E-state index contributed by atoms with van der Waals surface area (Å²) < 4.78 is 5.95. The first-order chi connectivity index (χ1) is 7.27. The monoisotopic (exact) mass is 245 g/mol. The number of hydrogen-bond acceptors (Lipinski definition) is 5. The standard InChI is InChI=1S/C10H15NO2S2/c1-3-5-8(9(12)13-4-2)15-10-11-6-7-14-10/h6-8H,3-5H2,1-2H3. The van der Waals surface area contributed by atoms with Crippen molar-refractivity contribution in [2.75, 3.05) is 6.61 Å². The molecule has 3 nitrogen and oxygen atoms in total. The van der Waals surface area contributed by atoms with E-state index in [1.165, 1.54) is 11.8 Å². The van der Waals surface area contributed by atoms with Crippen molar-refractivity contribution in [2.45, 2.75) is 36.3 Å². The minimum Gasteiger partial charge on any atom is -0.465 e. The van der Waals surface area contributed by atoms with Crippen molar-refractivity contribution < 1.29 is 9.53 Å². The average molecular weight is 245 g/mol. The predicted molar refractivity (Wildman–Crippen MR) is 63.3 cm³/mol. The number of rotatable bonds is 6. The van der Waals surface area contributed by atoms with Gasteiger partial charge in [0.25, 0.3) is 0 Å². The number of carbonyl (C=O) groups is 1. The number of thiazole rings is 1. The van der Waals surface area contributed by atoms with Crippen LogP contribution in [0.3, 0.4) is 0 Å². The van der Waals surface area contributed by atoms with Gasteiger partial charge < -0.3 is 4.74 Å². The molecule has 1 unspecified atom stereocenters. The van der Waals surface area contributed by atoms with E-state index in [2.05, 4.69) is 11.9 Å². The first-order valence-corrected chi connectivity index (χ1v) is 6.76. The first-order valence-electron chi connectivity index (χ1n) is 5.00. The third-order valence-electron chi connectivity index (χ3n) is 1.75. The second-order valence-electron chi connectivity index (χ2n) is 2.95. The van der Waals surface area contributed by atoms with Crippen molar-refractivity contribution in [1.29, 1.82) is 0 Å². The molecule has 0 saturated carbocycles. The smallest absolute Gasteiger partial charge is 0.319 e. The lowest BCUT2D eigenvalue weighted by Gasteiger charge is -2.12. The van der Waals surface area contributed by atoms with E-state index in [0.29, 0.717) is 6.61 Å². The summed E-state index contributed by atoms with van der Waals surface area (Å²) in [6.07, 6.45) is 3.56. The molecule has 0 amide bonds. The number of aromatic nitrogens is 1. The predicted octanol–water partition coefficient (Wildman–Crippen LogP) is 2.97. The zero-order valence-corrected chi connectivity index (χ0v) is 10.6. The molecule has 0 aromatic carbocycles. The lowest BCUT2D eigenvalue weighted by Crippen LogP contribution is -2.19. The Kier molecular flexibility index (Phi) is 5.71. The van der Waals surface area contributed by atoms with Crippen LogP contribution in [-0.4, -0.2) is 22.8 Å². The molecule has 1 aromatic heterocycles. The normalized spacial score (nSPS) is 12.4. The minimum absolute atomic E-state index is 0.110. The molecule has 1 heterocycles. The van der Waals surface area contributed by atoms with Crippen LogP contribution in [0.2, 0.25) is 0 Å². The number of hydrogen-bond donors (Lipinski definition) is 0. The maximum atomic E-state index is 11.6. The highest BCUT2D eigenvalue weighted by Gasteiger charge is 2.21. The largest absolute Gasteiger partial charge is 0.465 e. The molecule has 0 aliphatic heterocycles. The molecule has 1 aromatic rings. The Hall–Kier alpha value is -0.550. The summed E-state index contributed by atoms with van der Waals surface area (Å²) in [5.74, 6) is -0.125. The number of thioether (sulfide) groups is 1. The van der Waals surface area contributed by atoms with Gasteiger partial charge in [0.05, 0.1) is 6.61 Å². The Bertz CT molecular complexity index is 288. The summed E-state index contributed by atoms with van der Waals surface area (Å²) in [6, 6.07) is 0. The van der Waals surface area contributed by atoms with E-state index >= 15 is 0 Å². The van der Waals surface area contributed by atoms with Crippen LogP contribution in [0.4, 0.5) is 0 Å². The highest BCUT2D eigenvalue weighted by atomic mass is 32.2. The van der Waals surface area contributed by atoms with E-state index in [1.54, 1.807) is 17.5 Å². The number of carbonyl (C=O) groups excluding carboxylic acids is 1. The molecule has 0 aliphatic carbocycles. The number of ether oxygens (including phenoxy) is 1. The zero-order chi connectivity index (χ0) is 11.1. The molecule has 0 N–H and O–H groups in total. The molecule has 15 heavy (non-hydrogen) atoms. The van der Waals surface area contributed by atoms with E-state index < -0.39 is 0 Å². The van der Waals surface area contributed by atoms with Gasteiger partial charge in [0.15, 0.2) is 4.34 Å². The third kappa shape index (κ3) is 4.22. The molecule has 0 aliphatic rings. The molecule has 84 valence electrons. The Morgan fingerprint density at radius 3 is 3.00 bits per heavy atom. The molecule has 0 bridgehead atoms. The highest BCUT2D eigenvalue weighted by Crippen LogP contribution is 2.28. The second kappa shape index (κ2) is 6.85. The fourth-order valence-electron chi connectivity index (χ4n) is 1.11. The maximum Gasteiger partial charge on any atom is 0.319 e. The molecule has 0 fully saturated rings. The molecular weight excluding hydrogens is 230 g/mol. The van der Waals surface area contributed by atoms with E-state index in [-0.39, 0.29) is 11.2 Å². The second-order valence-corrected chi connectivity index (χ2v) is 5.29. The summed E-state index contributed by atoms with van der Waals surface area (Å²) in [5.41, 5.74) is 0. The third-order valence-corrected chi connectivity index (χ3v) is 3.91. The molecule has 0 radical (unpaired) electrons. The number of esters is 1. The van der Waals surface area contributed by atoms with Gasteiger partial charge in [-0.15, -0.1) is 11.3 Å². The molecule has 0 spiro atoms. The van der Waals surface area contributed by atoms with Gasteiger partial charge in [-0.25, -0.2) is 4.98 Å². The maximum absolute atomic E-state index is 11.6. The van der Waals surface area contributed by atoms with E-state index in [1.807, 2.05) is 12.3 Å². The average Bonchev–Trinajstić information content (AvgIpc) is 2.70. The molecule has 1 atom stereocenters. The zero-order valence-electron chi connectivity index (χ0n) is 8.93. The van der Waals surface area contributed by atoms with Crippen molar-refractivity contribution in [2.24, 2.45) is 0 Å². The van der Waals surface area contributed by atoms with Crippen LogP contribution in [0.15, 0.2) is 15.9 Å². The van der Waals surface area contributed by atoms with Gasteiger partial charge in [-0.2, -0.15) is 0 Å². The first kappa shape index (κ1) is 12.5. The molecule has 5 heteroatoms. The van der Waals surface area contributed by atoms with Gasteiger partial charge in [0.1, 0.15) is 5.25 Å². The SMILES string of the molecule is CCCC(Sc1nccs1)C(=O)OCC. The van der Waals surface area contributed by atoms with Crippen LogP contribution in [0.25, 0.3) is 0 Å². The van der Waals surface area contributed by atoms with Gasteiger partial charge in [-0.1, -0.05) is 25.1 Å². The summed E-state index contributed by atoms with van der Waals surface area (Å²) in [5, 5.41) is 1.80. The van der Waals surface area contributed by atoms with Crippen molar-refractivity contribution >= 4 is 29.1 Å². The van der Waals surface area contributed by atoms with E-state index in [0.717, 1.165) is 17.2 Å². The van der Waals surface area contributed by atoms with Gasteiger partial charge >= 0.3 is 5.97 Å². The van der Waals surface area contributed by atoms with E-state index in [4.69, 9.17) is 4.74 Å². The van der Waals surface area contributed by atoms with E-state index in [9.17, 15) is 4.79 Å². The van der Waals surface area contributed by atoms with Crippen LogP contribution in [0.1, 0.15) is 26.7 Å². The van der Waals surface area contributed by atoms with Crippen molar-refractivity contribution in [3.05, 3.63) is 11.6 Å². The summed E-state index contributed by atoms with van der Waals surface area (Å²) >= 11 is 3.06. The van der Waals surface area contributed by atoms with Crippen LogP contribution in [0.5, 0.6) is 0 Å². The van der Waals surface area contributed by atoms with Crippen LogP contribution in [0, 0.1) is 0 Å². The van der Waals surface area contributed by atoms with Crippen molar-refractivity contribution in [3.8, 4) is 0 Å². The summed E-state index contributed by atoms with van der Waals surface area (Å²) in [7, 11) is 0. The Labute approximate surface area is 98.2 Å². The lowest BCUT2D eigenvalue weighted by molar-refractivity contribution is -0.142. The van der Waals surface area contributed by atoms with Gasteiger partial charge in [0, 0.05) is 11.6 Å². The van der Waals surface area contributed by atoms with Gasteiger partial charge in [-0.3, -0.25) is 4.79 Å². The quantitative estimate of drug-likeness (QED) is 0.570. The van der Waals surface area contributed by atoms with Crippen molar-refractivity contribution in [3.63, 3.8) is 0 Å². The highest BCUT2D eigenvalue weighted by molar-refractivity contribution is 8.02. The molecular formula is C10H15NO2S2. The van der Waals surface area contributed by atoms with Crippen LogP contribution < -0.4 is 0 Å². The lowest BCUT2D eigenvalue weighted by atomic mass is 10.2. The fraction of sp³-hybridized carbons (Fsp3) is 0.600. The summed E-state index contributed by atoms with van der Waals surface area (Å²) in [6.45, 7) is 4.33. The van der Waals surface area contributed by atoms with Gasteiger partial charge in [-0.05, 0) is 13.3 Å². The molecule has 1 rings (SSSR count). The Balaban J connectivity index is 2.53. The topological polar surface area (TPSA) is 39.2 Å². The fourth-order valence-corrected chi connectivity index (χ4v) is 3.09. The Morgan fingerprint density at radius 2 is 2.47 bits per heavy atom.